The fourth-order valence-corrected chi connectivity index (χ4v) is 3.93. The van der Waals surface area contributed by atoms with Crippen molar-refractivity contribution in [3.8, 4) is 5.75 Å². The Labute approximate surface area is 165 Å². The molecule has 2 aromatic rings. The Kier molecular flexibility index (Phi) is 6.81. The molecule has 3 rings (SSSR count). The molecule has 0 saturated heterocycles. The van der Waals surface area contributed by atoms with Gasteiger partial charge in [0.2, 0.25) is 0 Å². The number of halogens is 2. The number of hydrogen-bond donors (Lipinski definition) is 1. The third-order valence-electron chi connectivity index (χ3n) is 5.63. The highest BCUT2D eigenvalue weighted by molar-refractivity contribution is 5.48. The summed E-state index contributed by atoms with van der Waals surface area (Å²) in [5, 5.41) is 0. The van der Waals surface area contributed by atoms with Gasteiger partial charge in [-0.3, -0.25) is 0 Å². The Balaban J connectivity index is 1.59. The number of ether oxygens (including phenoxy) is 2. The van der Waals surface area contributed by atoms with Crippen LogP contribution in [0.5, 0.6) is 5.75 Å². The van der Waals surface area contributed by atoms with E-state index >= 15 is 0 Å². The Hall–Kier alpha value is -2.24. The summed E-state index contributed by atoms with van der Waals surface area (Å²) in [6, 6.07) is 12.4. The van der Waals surface area contributed by atoms with Crippen molar-refractivity contribution >= 4 is 6.08 Å². The molecule has 1 aliphatic carbocycles. The van der Waals surface area contributed by atoms with Crippen molar-refractivity contribution in [3.63, 3.8) is 0 Å². The van der Waals surface area contributed by atoms with Gasteiger partial charge < -0.3 is 15.2 Å². The average Bonchev–Trinajstić information content (AvgIpc) is 2.74. The molecular weight excluding hydrogens is 360 g/mol. The van der Waals surface area contributed by atoms with E-state index in [1.54, 1.807) is 0 Å². The number of nitrogens with two attached hydrogens (primary N) is 1. The second kappa shape index (κ2) is 9.30. The molecule has 1 fully saturated rings. The van der Waals surface area contributed by atoms with Crippen molar-refractivity contribution < 1.29 is 18.3 Å². The Morgan fingerprint density at radius 1 is 1.11 bits per heavy atom. The molecule has 0 aromatic heterocycles. The molecule has 2 N–H and O–H groups in total. The van der Waals surface area contributed by atoms with Crippen molar-refractivity contribution in [2.24, 2.45) is 5.73 Å². The monoisotopic (exact) mass is 387 g/mol. The van der Waals surface area contributed by atoms with E-state index in [4.69, 9.17) is 15.2 Å². The summed E-state index contributed by atoms with van der Waals surface area (Å²) in [6.07, 6.45) is 7.00. The van der Waals surface area contributed by atoms with Crippen molar-refractivity contribution in [2.75, 3.05) is 20.3 Å². The molecule has 0 radical (unpaired) electrons. The van der Waals surface area contributed by atoms with E-state index in [2.05, 4.69) is 0 Å². The molecule has 150 valence electrons. The number of hydrogen-bond acceptors (Lipinski definition) is 3. The van der Waals surface area contributed by atoms with Gasteiger partial charge in [-0.1, -0.05) is 42.5 Å². The average molecular weight is 387 g/mol. The lowest BCUT2D eigenvalue weighted by Crippen LogP contribution is -2.41. The third kappa shape index (κ3) is 4.59. The first-order chi connectivity index (χ1) is 13.6. The second-order valence-corrected chi connectivity index (χ2v) is 7.30. The van der Waals surface area contributed by atoms with E-state index < -0.39 is 17.0 Å². The summed E-state index contributed by atoms with van der Waals surface area (Å²) in [5.41, 5.74) is 6.94. The van der Waals surface area contributed by atoms with Gasteiger partial charge in [0.05, 0.1) is 19.8 Å². The molecular formula is C23H27F2NO2. The molecule has 0 spiro atoms. The van der Waals surface area contributed by atoms with Gasteiger partial charge in [-0.15, -0.1) is 0 Å². The molecule has 1 saturated carbocycles. The first-order valence-corrected chi connectivity index (χ1v) is 9.65. The highest BCUT2D eigenvalue weighted by Gasteiger charge is 2.38. The maximum Gasteiger partial charge on any atom is 0.165 e. The predicted octanol–water partition coefficient (Wildman–Crippen LogP) is 4.84. The lowest BCUT2D eigenvalue weighted by Gasteiger charge is -2.40. The Morgan fingerprint density at radius 3 is 2.46 bits per heavy atom. The van der Waals surface area contributed by atoms with Crippen LogP contribution in [0.2, 0.25) is 0 Å². The van der Waals surface area contributed by atoms with Gasteiger partial charge in [-0.05, 0) is 42.9 Å². The van der Waals surface area contributed by atoms with Crippen LogP contribution in [0.1, 0.15) is 36.8 Å². The molecule has 28 heavy (non-hydrogen) atoms. The molecule has 0 aliphatic heterocycles. The highest BCUT2D eigenvalue weighted by atomic mass is 19.1. The zero-order chi connectivity index (χ0) is 20.0. The second-order valence-electron chi connectivity index (χ2n) is 7.30. The minimum Gasteiger partial charge on any atom is -0.494 e. The van der Waals surface area contributed by atoms with E-state index in [0.717, 1.165) is 24.5 Å². The van der Waals surface area contributed by atoms with Crippen LogP contribution in [0, 0.1) is 11.6 Å². The zero-order valence-corrected chi connectivity index (χ0v) is 16.2. The first kappa shape index (κ1) is 20.5. The van der Waals surface area contributed by atoms with Gasteiger partial charge in [0, 0.05) is 18.0 Å². The lowest BCUT2D eigenvalue weighted by molar-refractivity contribution is 0.0284. The van der Waals surface area contributed by atoms with Crippen LogP contribution in [0.15, 0.2) is 48.5 Å². The number of benzene rings is 2. The largest absolute Gasteiger partial charge is 0.494 e. The molecule has 3 nitrogen and oxygen atoms in total. The van der Waals surface area contributed by atoms with Gasteiger partial charge in [0.15, 0.2) is 11.6 Å². The van der Waals surface area contributed by atoms with Crippen LogP contribution < -0.4 is 10.5 Å². The van der Waals surface area contributed by atoms with Crippen molar-refractivity contribution in [3.05, 3.63) is 71.3 Å². The smallest absolute Gasteiger partial charge is 0.165 e. The molecule has 1 aliphatic rings. The molecule has 0 atom stereocenters. The van der Waals surface area contributed by atoms with Crippen LogP contribution in [0.25, 0.3) is 6.08 Å². The standard InChI is InChI=1S/C23H27F2NO2/c1-27-22-15-20(24)19(14-21(22)25)23(16-26)11-9-18(10-12-23)28-13-5-8-17-6-3-2-4-7-17/h2-8,14-15,18H,9-13,16,26H2,1H3/b8-5+/t18-,23-. The van der Waals surface area contributed by atoms with Gasteiger partial charge in [0.25, 0.3) is 0 Å². The summed E-state index contributed by atoms with van der Waals surface area (Å²) < 4.78 is 39.6. The maximum atomic E-state index is 14.6. The topological polar surface area (TPSA) is 44.5 Å². The van der Waals surface area contributed by atoms with Crippen LogP contribution >= 0.6 is 0 Å². The fourth-order valence-electron chi connectivity index (χ4n) is 3.93. The van der Waals surface area contributed by atoms with Gasteiger partial charge >= 0.3 is 0 Å². The lowest BCUT2D eigenvalue weighted by atomic mass is 9.68. The van der Waals surface area contributed by atoms with Crippen molar-refractivity contribution in [1.29, 1.82) is 0 Å². The van der Waals surface area contributed by atoms with Gasteiger partial charge in [-0.25, -0.2) is 8.78 Å². The molecule has 0 amide bonds. The van der Waals surface area contributed by atoms with Crippen molar-refractivity contribution in [1.82, 2.24) is 0 Å². The normalized spacial score (nSPS) is 22.5. The summed E-state index contributed by atoms with van der Waals surface area (Å²) in [4.78, 5) is 0. The predicted molar refractivity (Wildman–Crippen MR) is 107 cm³/mol. The Morgan fingerprint density at radius 2 is 1.82 bits per heavy atom. The summed E-state index contributed by atoms with van der Waals surface area (Å²) in [5.74, 6) is -1.11. The minimum atomic E-state index is -0.559. The van der Waals surface area contributed by atoms with E-state index in [1.165, 1.54) is 13.2 Å². The molecule has 0 heterocycles. The van der Waals surface area contributed by atoms with Gasteiger partial charge in [0.1, 0.15) is 5.82 Å². The van der Waals surface area contributed by atoms with Gasteiger partial charge in [-0.2, -0.15) is 0 Å². The van der Waals surface area contributed by atoms with Crippen LogP contribution in [0.3, 0.4) is 0 Å². The van der Waals surface area contributed by atoms with E-state index in [0.29, 0.717) is 25.0 Å². The SMILES string of the molecule is COc1cc(F)c([C@]2(CN)CC[C@@H](OC/C=C/c3ccccc3)CC2)cc1F. The number of methoxy groups -OCH3 is 1. The minimum absolute atomic E-state index is 0.0874. The first-order valence-electron chi connectivity index (χ1n) is 9.65. The molecule has 0 bridgehead atoms. The highest BCUT2D eigenvalue weighted by Crippen LogP contribution is 2.42. The third-order valence-corrected chi connectivity index (χ3v) is 5.63. The molecule has 2 aromatic carbocycles. The number of rotatable bonds is 7. The molecule has 0 unspecified atom stereocenters. The van der Waals surface area contributed by atoms with E-state index in [-0.39, 0.29) is 18.4 Å². The summed E-state index contributed by atoms with van der Waals surface area (Å²) in [6.45, 7) is 0.803. The van der Waals surface area contributed by atoms with Crippen LogP contribution in [-0.2, 0) is 10.2 Å². The van der Waals surface area contributed by atoms with Crippen LogP contribution in [0.4, 0.5) is 8.78 Å². The fraction of sp³-hybridized carbons (Fsp3) is 0.391. The summed E-state index contributed by atoms with van der Waals surface area (Å²) in [7, 11) is 1.32. The quantitative estimate of drug-likeness (QED) is 0.739. The maximum absolute atomic E-state index is 14.6. The van der Waals surface area contributed by atoms with Crippen molar-refractivity contribution in [2.45, 2.75) is 37.2 Å². The Bertz CT molecular complexity index is 800. The van der Waals surface area contributed by atoms with E-state index in [1.807, 2.05) is 42.5 Å². The van der Waals surface area contributed by atoms with Crippen LogP contribution in [-0.4, -0.2) is 26.4 Å². The summed E-state index contributed by atoms with van der Waals surface area (Å²) >= 11 is 0. The molecule has 5 heteroatoms. The van der Waals surface area contributed by atoms with E-state index in [9.17, 15) is 8.78 Å². The zero-order valence-electron chi connectivity index (χ0n) is 16.2.